The van der Waals surface area contributed by atoms with Crippen molar-refractivity contribution in [2.24, 2.45) is 10.1 Å². The van der Waals surface area contributed by atoms with E-state index in [1.165, 1.54) is 0 Å². The Morgan fingerprint density at radius 2 is 2.14 bits per heavy atom. The highest BCUT2D eigenvalue weighted by atomic mass is 32.2. The number of thioether (sulfide) groups is 2. The van der Waals surface area contributed by atoms with Gasteiger partial charge in [-0.3, -0.25) is 4.99 Å². The van der Waals surface area contributed by atoms with Gasteiger partial charge in [0.2, 0.25) is 0 Å². The fourth-order valence-corrected chi connectivity index (χ4v) is 4.02. The SMILES string of the molecule is CC(C)(C)N=C1SC[C@@](C)(/C=N\O)S1. The summed E-state index contributed by atoms with van der Waals surface area (Å²) in [5.74, 6) is 0.913. The summed E-state index contributed by atoms with van der Waals surface area (Å²) >= 11 is 3.39. The largest absolute Gasteiger partial charge is 0.411 e. The lowest BCUT2D eigenvalue weighted by Gasteiger charge is -2.14. The van der Waals surface area contributed by atoms with Crippen LogP contribution in [0.4, 0.5) is 0 Å². The van der Waals surface area contributed by atoms with E-state index in [1.54, 1.807) is 29.7 Å². The molecule has 3 nitrogen and oxygen atoms in total. The highest BCUT2D eigenvalue weighted by molar-refractivity contribution is 8.42. The van der Waals surface area contributed by atoms with Crippen LogP contribution in [0.2, 0.25) is 0 Å². The van der Waals surface area contributed by atoms with Gasteiger partial charge in [-0.05, 0) is 27.7 Å². The van der Waals surface area contributed by atoms with Crippen LogP contribution in [-0.2, 0) is 0 Å². The summed E-state index contributed by atoms with van der Waals surface area (Å²) in [7, 11) is 0. The topological polar surface area (TPSA) is 45.0 Å². The molecule has 0 radical (unpaired) electrons. The summed E-state index contributed by atoms with van der Waals surface area (Å²) < 4.78 is 0.976. The van der Waals surface area contributed by atoms with Crippen LogP contribution in [0.1, 0.15) is 27.7 Å². The van der Waals surface area contributed by atoms with Gasteiger partial charge in [-0.25, -0.2) is 0 Å². The fourth-order valence-electron chi connectivity index (χ4n) is 0.978. The number of hydrogen-bond donors (Lipinski definition) is 1. The molecule has 14 heavy (non-hydrogen) atoms. The van der Waals surface area contributed by atoms with Gasteiger partial charge in [0, 0.05) is 5.75 Å². The van der Waals surface area contributed by atoms with Crippen molar-refractivity contribution in [1.82, 2.24) is 0 Å². The Balaban J connectivity index is 2.70. The highest BCUT2D eigenvalue weighted by Gasteiger charge is 2.34. The molecule has 0 amide bonds. The standard InChI is InChI=1S/C9H16N2OS2/c1-8(2,3)11-7-13-6-9(4,14-7)5-10-12/h5,12H,6H2,1-4H3/b10-5-,11-7?/t9-/m1/s1. The molecule has 0 aromatic carbocycles. The summed E-state index contributed by atoms with van der Waals surface area (Å²) in [6.07, 6.45) is 1.58. The molecule has 80 valence electrons. The van der Waals surface area contributed by atoms with Crippen molar-refractivity contribution < 1.29 is 5.21 Å². The Bertz CT molecular complexity index is 270. The van der Waals surface area contributed by atoms with Gasteiger partial charge in [0.05, 0.1) is 16.5 Å². The van der Waals surface area contributed by atoms with Gasteiger partial charge in [0.15, 0.2) is 0 Å². The van der Waals surface area contributed by atoms with Crippen molar-refractivity contribution in [1.29, 1.82) is 0 Å². The average molecular weight is 232 g/mol. The quantitative estimate of drug-likeness (QED) is 0.429. The zero-order valence-corrected chi connectivity index (χ0v) is 10.6. The Hall–Kier alpha value is -0.160. The van der Waals surface area contributed by atoms with Crippen LogP contribution in [-0.4, -0.2) is 31.8 Å². The second-order valence-corrected chi connectivity index (χ2v) is 7.24. The molecule has 0 aliphatic carbocycles. The van der Waals surface area contributed by atoms with E-state index >= 15 is 0 Å². The van der Waals surface area contributed by atoms with Crippen LogP contribution in [0, 0.1) is 0 Å². The van der Waals surface area contributed by atoms with E-state index in [9.17, 15) is 0 Å². The molecule has 0 aromatic heterocycles. The predicted molar refractivity (Wildman–Crippen MR) is 65.9 cm³/mol. The fraction of sp³-hybridized carbons (Fsp3) is 0.778. The molecule has 0 saturated carbocycles. The van der Waals surface area contributed by atoms with Crippen LogP contribution in [0.25, 0.3) is 0 Å². The molecule has 0 bridgehead atoms. The molecule has 0 unspecified atom stereocenters. The van der Waals surface area contributed by atoms with Crippen LogP contribution in [0.5, 0.6) is 0 Å². The van der Waals surface area contributed by atoms with E-state index in [2.05, 4.69) is 37.8 Å². The Labute approximate surface area is 93.4 Å². The summed E-state index contributed by atoms with van der Waals surface area (Å²) in [6, 6.07) is 0. The van der Waals surface area contributed by atoms with E-state index in [0.29, 0.717) is 0 Å². The zero-order chi connectivity index (χ0) is 10.8. The number of rotatable bonds is 1. The Morgan fingerprint density at radius 3 is 2.64 bits per heavy atom. The lowest BCUT2D eigenvalue weighted by Crippen LogP contribution is -2.21. The van der Waals surface area contributed by atoms with Gasteiger partial charge >= 0.3 is 0 Å². The van der Waals surface area contributed by atoms with Crippen molar-refractivity contribution in [2.45, 2.75) is 38.0 Å². The Kier molecular flexibility index (Phi) is 3.53. The minimum absolute atomic E-state index is 0.0308. The highest BCUT2D eigenvalue weighted by Crippen LogP contribution is 2.41. The molecule has 1 atom stereocenters. The molecule has 1 aliphatic heterocycles. The van der Waals surface area contributed by atoms with Gasteiger partial charge in [-0.15, -0.1) is 5.16 Å². The number of hydrogen-bond acceptors (Lipinski definition) is 5. The normalized spacial score (nSPS) is 31.9. The lowest BCUT2D eigenvalue weighted by atomic mass is 10.1. The van der Waals surface area contributed by atoms with Crippen LogP contribution in [0.3, 0.4) is 0 Å². The van der Waals surface area contributed by atoms with Crippen LogP contribution in [0.15, 0.2) is 10.1 Å². The minimum Gasteiger partial charge on any atom is -0.411 e. The minimum atomic E-state index is -0.108. The molecule has 1 heterocycles. The van der Waals surface area contributed by atoms with Gasteiger partial charge in [-0.1, -0.05) is 23.5 Å². The number of oxime groups is 1. The molecule has 1 aliphatic rings. The molecular formula is C9H16N2OS2. The molecule has 0 aromatic rings. The summed E-state index contributed by atoms with van der Waals surface area (Å²) in [5, 5.41) is 11.6. The van der Waals surface area contributed by atoms with E-state index in [4.69, 9.17) is 5.21 Å². The van der Waals surface area contributed by atoms with E-state index in [-0.39, 0.29) is 10.3 Å². The third-order valence-electron chi connectivity index (χ3n) is 1.56. The maximum absolute atomic E-state index is 8.52. The summed E-state index contributed by atoms with van der Waals surface area (Å²) in [4.78, 5) is 4.59. The van der Waals surface area contributed by atoms with E-state index in [0.717, 1.165) is 10.1 Å². The van der Waals surface area contributed by atoms with Gasteiger partial charge in [0.1, 0.15) is 4.38 Å². The third kappa shape index (κ3) is 3.53. The van der Waals surface area contributed by atoms with E-state index in [1.807, 2.05) is 0 Å². The second-order valence-electron chi connectivity index (χ2n) is 4.50. The molecular weight excluding hydrogens is 216 g/mol. The molecule has 1 N–H and O–H groups in total. The van der Waals surface area contributed by atoms with Crippen LogP contribution < -0.4 is 0 Å². The molecule has 1 rings (SSSR count). The third-order valence-corrected chi connectivity index (χ3v) is 4.41. The van der Waals surface area contributed by atoms with Gasteiger partial charge < -0.3 is 5.21 Å². The second kappa shape index (κ2) is 4.14. The maximum atomic E-state index is 8.52. The van der Waals surface area contributed by atoms with Crippen molar-refractivity contribution in [3.8, 4) is 0 Å². The number of nitrogens with zero attached hydrogens (tertiary/aromatic N) is 2. The first-order valence-electron chi connectivity index (χ1n) is 4.45. The summed E-state index contributed by atoms with van der Waals surface area (Å²) in [5.41, 5.74) is -0.0308. The van der Waals surface area contributed by atoms with Crippen LogP contribution >= 0.6 is 23.5 Å². The zero-order valence-electron chi connectivity index (χ0n) is 8.94. The first-order chi connectivity index (χ1) is 6.35. The smallest absolute Gasteiger partial charge is 0.126 e. The number of aliphatic imine (C=N–C) groups is 1. The van der Waals surface area contributed by atoms with Crippen molar-refractivity contribution in [3.63, 3.8) is 0 Å². The van der Waals surface area contributed by atoms with Gasteiger partial charge in [-0.2, -0.15) is 0 Å². The monoisotopic (exact) mass is 232 g/mol. The Morgan fingerprint density at radius 1 is 1.50 bits per heavy atom. The molecule has 5 heteroatoms. The average Bonchev–Trinajstić information content (AvgIpc) is 2.29. The first-order valence-corrected chi connectivity index (χ1v) is 6.25. The molecule has 0 spiro atoms. The predicted octanol–water partition coefficient (Wildman–Crippen LogP) is 2.84. The maximum Gasteiger partial charge on any atom is 0.126 e. The first kappa shape index (κ1) is 11.9. The molecule has 1 saturated heterocycles. The van der Waals surface area contributed by atoms with Crippen molar-refractivity contribution >= 4 is 34.1 Å². The lowest BCUT2D eigenvalue weighted by molar-refractivity contribution is 0.320. The summed E-state index contributed by atoms with van der Waals surface area (Å²) in [6.45, 7) is 8.29. The van der Waals surface area contributed by atoms with Crippen molar-refractivity contribution in [2.75, 3.05) is 5.75 Å². The van der Waals surface area contributed by atoms with Gasteiger partial charge in [0.25, 0.3) is 0 Å². The van der Waals surface area contributed by atoms with Crippen molar-refractivity contribution in [3.05, 3.63) is 0 Å². The molecule has 1 fully saturated rings. The van der Waals surface area contributed by atoms with E-state index < -0.39 is 0 Å².